The standard InChI is InChI=1S/C11H25NO/c1-4-6-10(3)9-12-11(5-2)7-8-13/h10-13H,4-9H2,1-3H3. The summed E-state index contributed by atoms with van der Waals surface area (Å²) in [7, 11) is 0. The number of aliphatic hydroxyl groups is 1. The Morgan fingerprint density at radius 1 is 1.23 bits per heavy atom. The highest BCUT2D eigenvalue weighted by Gasteiger charge is 2.06. The maximum absolute atomic E-state index is 8.80. The first kappa shape index (κ1) is 12.9. The summed E-state index contributed by atoms with van der Waals surface area (Å²) in [6.45, 7) is 8.06. The van der Waals surface area contributed by atoms with Gasteiger partial charge in [-0.15, -0.1) is 0 Å². The van der Waals surface area contributed by atoms with Crippen molar-refractivity contribution in [1.82, 2.24) is 5.32 Å². The second-order valence-corrected chi connectivity index (χ2v) is 3.92. The SMILES string of the molecule is CCCC(C)CNC(CC)CCO. The molecule has 0 aromatic rings. The minimum absolute atomic E-state index is 0.299. The van der Waals surface area contributed by atoms with Gasteiger partial charge in [0.05, 0.1) is 0 Å². The number of nitrogens with one attached hydrogen (secondary N) is 1. The van der Waals surface area contributed by atoms with Crippen molar-refractivity contribution >= 4 is 0 Å². The average molecular weight is 187 g/mol. The lowest BCUT2D eigenvalue weighted by molar-refractivity contribution is 0.258. The molecule has 0 heterocycles. The fourth-order valence-corrected chi connectivity index (χ4v) is 1.57. The third-order valence-electron chi connectivity index (χ3n) is 2.51. The average Bonchev–Trinajstić information content (AvgIpc) is 2.12. The van der Waals surface area contributed by atoms with Crippen LogP contribution in [0.1, 0.15) is 46.5 Å². The first-order chi connectivity index (χ1) is 6.24. The lowest BCUT2D eigenvalue weighted by Crippen LogP contribution is -2.32. The Bertz CT molecular complexity index is 106. The summed E-state index contributed by atoms with van der Waals surface area (Å²) < 4.78 is 0. The van der Waals surface area contributed by atoms with Gasteiger partial charge in [-0.05, 0) is 31.7 Å². The van der Waals surface area contributed by atoms with Crippen LogP contribution in [0.2, 0.25) is 0 Å². The third kappa shape index (κ3) is 7.03. The van der Waals surface area contributed by atoms with Crippen molar-refractivity contribution in [3.05, 3.63) is 0 Å². The van der Waals surface area contributed by atoms with Crippen LogP contribution in [-0.2, 0) is 0 Å². The van der Waals surface area contributed by atoms with Gasteiger partial charge in [0.25, 0.3) is 0 Å². The van der Waals surface area contributed by atoms with Crippen LogP contribution in [0.3, 0.4) is 0 Å². The molecule has 0 saturated carbocycles. The van der Waals surface area contributed by atoms with Gasteiger partial charge in [0.2, 0.25) is 0 Å². The van der Waals surface area contributed by atoms with E-state index in [2.05, 4.69) is 26.1 Å². The van der Waals surface area contributed by atoms with E-state index >= 15 is 0 Å². The number of rotatable bonds is 8. The lowest BCUT2D eigenvalue weighted by Gasteiger charge is -2.18. The van der Waals surface area contributed by atoms with Crippen LogP contribution in [0, 0.1) is 5.92 Å². The fourth-order valence-electron chi connectivity index (χ4n) is 1.57. The molecular formula is C11H25NO. The molecule has 0 aliphatic rings. The Labute approximate surface area is 82.7 Å². The van der Waals surface area contributed by atoms with Crippen LogP contribution in [0.15, 0.2) is 0 Å². The summed E-state index contributed by atoms with van der Waals surface area (Å²) in [6, 6.07) is 0.504. The zero-order valence-corrected chi connectivity index (χ0v) is 9.34. The third-order valence-corrected chi connectivity index (χ3v) is 2.51. The van der Waals surface area contributed by atoms with E-state index in [1.807, 2.05) is 0 Å². The molecule has 0 saturated heterocycles. The zero-order chi connectivity index (χ0) is 10.1. The van der Waals surface area contributed by atoms with Gasteiger partial charge in [0, 0.05) is 12.6 Å². The first-order valence-electron chi connectivity index (χ1n) is 5.58. The van der Waals surface area contributed by atoms with Crippen molar-refractivity contribution < 1.29 is 5.11 Å². The van der Waals surface area contributed by atoms with Crippen molar-refractivity contribution in [2.45, 2.75) is 52.5 Å². The second-order valence-electron chi connectivity index (χ2n) is 3.92. The molecule has 0 aliphatic carbocycles. The molecule has 2 unspecified atom stereocenters. The Balaban J connectivity index is 3.46. The summed E-state index contributed by atoms with van der Waals surface area (Å²) in [4.78, 5) is 0. The van der Waals surface area contributed by atoms with E-state index in [4.69, 9.17) is 5.11 Å². The van der Waals surface area contributed by atoms with Crippen molar-refractivity contribution in [2.24, 2.45) is 5.92 Å². The van der Waals surface area contributed by atoms with Gasteiger partial charge in [-0.25, -0.2) is 0 Å². The van der Waals surface area contributed by atoms with Crippen molar-refractivity contribution in [3.63, 3.8) is 0 Å². The van der Waals surface area contributed by atoms with Gasteiger partial charge in [0.15, 0.2) is 0 Å². The zero-order valence-electron chi connectivity index (χ0n) is 9.34. The molecule has 0 aromatic carbocycles. The highest BCUT2D eigenvalue weighted by Crippen LogP contribution is 2.04. The molecule has 0 radical (unpaired) electrons. The van der Waals surface area contributed by atoms with Crippen LogP contribution >= 0.6 is 0 Å². The van der Waals surface area contributed by atoms with E-state index in [-0.39, 0.29) is 0 Å². The number of hydrogen-bond donors (Lipinski definition) is 2. The van der Waals surface area contributed by atoms with Crippen LogP contribution in [0.5, 0.6) is 0 Å². The van der Waals surface area contributed by atoms with E-state index in [9.17, 15) is 0 Å². The summed E-state index contributed by atoms with van der Waals surface area (Å²) in [6.07, 6.45) is 4.55. The second kappa shape index (κ2) is 8.52. The van der Waals surface area contributed by atoms with E-state index in [1.54, 1.807) is 0 Å². The summed E-state index contributed by atoms with van der Waals surface area (Å²) >= 11 is 0. The van der Waals surface area contributed by atoms with E-state index in [0.29, 0.717) is 12.6 Å². The summed E-state index contributed by atoms with van der Waals surface area (Å²) in [5, 5.41) is 12.3. The highest BCUT2D eigenvalue weighted by molar-refractivity contribution is 4.66. The topological polar surface area (TPSA) is 32.3 Å². The van der Waals surface area contributed by atoms with Crippen molar-refractivity contribution in [2.75, 3.05) is 13.2 Å². The molecular weight excluding hydrogens is 162 g/mol. The number of aliphatic hydroxyl groups excluding tert-OH is 1. The quantitative estimate of drug-likeness (QED) is 0.610. The fraction of sp³-hybridized carbons (Fsp3) is 1.00. The normalized spacial score (nSPS) is 15.7. The van der Waals surface area contributed by atoms with E-state index in [1.165, 1.54) is 12.8 Å². The van der Waals surface area contributed by atoms with Gasteiger partial charge in [0.1, 0.15) is 0 Å². The van der Waals surface area contributed by atoms with Crippen molar-refractivity contribution in [1.29, 1.82) is 0 Å². The van der Waals surface area contributed by atoms with Gasteiger partial charge >= 0.3 is 0 Å². The Hall–Kier alpha value is -0.0800. The van der Waals surface area contributed by atoms with E-state index < -0.39 is 0 Å². The van der Waals surface area contributed by atoms with Crippen molar-refractivity contribution in [3.8, 4) is 0 Å². The van der Waals surface area contributed by atoms with Gasteiger partial charge in [-0.3, -0.25) is 0 Å². The van der Waals surface area contributed by atoms with Crippen LogP contribution < -0.4 is 5.32 Å². The Morgan fingerprint density at radius 2 is 1.92 bits per heavy atom. The highest BCUT2D eigenvalue weighted by atomic mass is 16.3. The maximum atomic E-state index is 8.80. The van der Waals surface area contributed by atoms with Crippen LogP contribution in [0.4, 0.5) is 0 Å². The number of hydrogen-bond acceptors (Lipinski definition) is 2. The molecule has 2 heteroatoms. The lowest BCUT2D eigenvalue weighted by atomic mass is 10.1. The predicted octanol–water partition coefficient (Wildman–Crippen LogP) is 2.17. The molecule has 0 aromatic heterocycles. The minimum Gasteiger partial charge on any atom is -0.396 e. The van der Waals surface area contributed by atoms with Crippen LogP contribution in [-0.4, -0.2) is 24.3 Å². The Kier molecular flexibility index (Phi) is 8.46. The Morgan fingerprint density at radius 3 is 2.38 bits per heavy atom. The molecule has 0 fully saturated rings. The molecule has 0 rings (SSSR count). The molecule has 0 spiro atoms. The monoisotopic (exact) mass is 187 g/mol. The summed E-state index contributed by atoms with van der Waals surface area (Å²) in [5.41, 5.74) is 0. The minimum atomic E-state index is 0.299. The molecule has 0 amide bonds. The molecule has 0 bridgehead atoms. The molecule has 13 heavy (non-hydrogen) atoms. The molecule has 2 N–H and O–H groups in total. The van der Waals surface area contributed by atoms with Crippen LogP contribution in [0.25, 0.3) is 0 Å². The van der Waals surface area contributed by atoms with Gasteiger partial charge in [-0.2, -0.15) is 0 Å². The first-order valence-corrected chi connectivity index (χ1v) is 5.58. The smallest absolute Gasteiger partial charge is 0.0445 e. The largest absolute Gasteiger partial charge is 0.396 e. The summed E-state index contributed by atoms with van der Waals surface area (Å²) in [5.74, 6) is 0.762. The van der Waals surface area contributed by atoms with Gasteiger partial charge < -0.3 is 10.4 Å². The predicted molar refractivity (Wildman–Crippen MR) is 57.9 cm³/mol. The molecule has 2 nitrogen and oxygen atoms in total. The van der Waals surface area contributed by atoms with Gasteiger partial charge in [-0.1, -0.05) is 27.2 Å². The van der Waals surface area contributed by atoms with E-state index in [0.717, 1.165) is 25.3 Å². The maximum Gasteiger partial charge on any atom is 0.0445 e. The molecule has 2 atom stereocenters. The molecule has 0 aliphatic heterocycles. The molecule has 80 valence electrons.